The van der Waals surface area contributed by atoms with Gasteiger partial charge in [-0.2, -0.15) is 0 Å². The van der Waals surface area contributed by atoms with E-state index in [1.165, 1.54) is 26.2 Å². The summed E-state index contributed by atoms with van der Waals surface area (Å²) >= 11 is 0. The van der Waals surface area contributed by atoms with Crippen molar-refractivity contribution in [2.75, 3.05) is 19.6 Å². The fourth-order valence-corrected chi connectivity index (χ4v) is 8.02. The second-order valence-electron chi connectivity index (χ2n) is 14.8. The average Bonchev–Trinajstić information content (AvgIpc) is 3.24. The SMILES string of the molecule is CC(=O)NCCCCCC(=O)NCc1ccc(C2OC(CN3CC4(C)CC3CC(C)(C)C4)CC(c3ccc(CO)cc3)O2)cc1. The summed E-state index contributed by atoms with van der Waals surface area (Å²) < 4.78 is 13.3. The van der Waals surface area contributed by atoms with E-state index in [9.17, 15) is 14.7 Å². The van der Waals surface area contributed by atoms with Crippen molar-refractivity contribution in [3.8, 4) is 0 Å². The number of likely N-dealkylation sites (tertiary alicyclic amines) is 1. The highest BCUT2D eigenvalue weighted by molar-refractivity contribution is 5.75. The molecule has 8 nitrogen and oxygen atoms in total. The third-order valence-corrected chi connectivity index (χ3v) is 9.77. The summed E-state index contributed by atoms with van der Waals surface area (Å²) in [6.45, 7) is 12.0. The Balaban J connectivity index is 1.19. The van der Waals surface area contributed by atoms with E-state index < -0.39 is 6.29 Å². The second-order valence-corrected chi connectivity index (χ2v) is 14.8. The minimum absolute atomic E-state index is 0.0173. The molecule has 2 aromatic rings. The van der Waals surface area contributed by atoms with Crippen LogP contribution in [-0.4, -0.2) is 53.6 Å². The van der Waals surface area contributed by atoms with E-state index in [0.717, 1.165) is 61.0 Å². The number of hydrogen-bond acceptors (Lipinski definition) is 6. The molecule has 2 aliphatic heterocycles. The van der Waals surface area contributed by atoms with Crippen LogP contribution < -0.4 is 10.6 Å². The van der Waals surface area contributed by atoms with E-state index in [4.69, 9.17) is 9.47 Å². The number of nitrogens with zero attached hydrogens (tertiary/aromatic N) is 1. The molecular formula is C37H53N3O5. The van der Waals surface area contributed by atoms with Crippen molar-refractivity contribution in [2.45, 2.75) is 117 Å². The van der Waals surface area contributed by atoms with Crippen LogP contribution in [0.1, 0.15) is 114 Å². The fourth-order valence-electron chi connectivity index (χ4n) is 8.02. The van der Waals surface area contributed by atoms with Gasteiger partial charge in [0.2, 0.25) is 11.8 Å². The molecule has 0 radical (unpaired) electrons. The van der Waals surface area contributed by atoms with Crippen LogP contribution in [0.3, 0.4) is 0 Å². The van der Waals surface area contributed by atoms with Gasteiger partial charge in [0, 0.05) is 57.5 Å². The first-order valence-corrected chi connectivity index (χ1v) is 16.9. The normalized spacial score (nSPS) is 27.7. The maximum atomic E-state index is 12.3. The molecule has 2 aromatic carbocycles. The number of unbranched alkanes of at least 4 members (excludes halogenated alkanes) is 2. The molecule has 2 bridgehead atoms. The van der Waals surface area contributed by atoms with Gasteiger partial charge in [0.15, 0.2) is 6.29 Å². The van der Waals surface area contributed by atoms with E-state index in [2.05, 4.69) is 60.6 Å². The molecule has 1 saturated carbocycles. The van der Waals surface area contributed by atoms with Gasteiger partial charge in [-0.05, 0) is 59.6 Å². The molecule has 1 aliphatic carbocycles. The van der Waals surface area contributed by atoms with Crippen LogP contribution in [0, 0.1) is 10.8 Å². The molecule has 0 aromatic heterocycles. The lowest BCUT2D eigenvalue weighted by atomic mass is 9.65. The van der Waals surface area contributed by atoms with Gasteiger partial charge in [-0.15, -0.1) is 0 Å². The summed E-state index contributed by atoms with van der Waals surface area (Å²) in [7, 11) is 0. The van der Waals surface area contributed by atoms with Crippen LogP contribution in [0.4, 0.5) is 0 Å². The zero-order valence-corrected chi connectivity index (χ0v) is 27.6. The number of nitrogens with one attached hydrogen (secondary N) is 2. The molecule has 3 fully saturated rings. The van der Waals surface area contributed by atoms with Crippen molar-refractivity contribution in [2.24, 2.45) is 10.8 Å². The highest BCUT2D eigenvalue weighted by Gasteiger charge is 2.50. The molecule has 8 heteroatoms. The van der Waals surface area contributed by atoms with Crippen LogP contribution in [0.2, 0.25) is 0 Å². The minimum Gasteiger partial charge on any atom is -0.392 e. The number of benzene rings is 2. The van der Waals surface area contributed by atoms with Gasteiger partial charge in [0.1, 0.15) is 0 Å². The Kier molecular flexibility index (Phi) is 11.0. The Morgan fingerprint density at radius 3 is 2.33 bits per heavy atom. The lowest BCUT2D eigenvalue weighted by Gasteiger charge is -2.41. The molecule has 3 N–H and O–H groups in total. The lowest BCUT2D eigenvalue weighted by Crippen LogP contribution is -2.42. The monoisotopic (exact) mass is 619 g/mol. The summed E-state index contributed by atoms with van der Waals surface area (Å²) in [6, 6.07) is 16.9. The number of ether oxygens (including phenoxy) is 2. The Morgan fingerprint density at radius 2 is 1.62 bits per heavy atom. The molecule has 246 valence electrons. The minimum atomic E-state index is -0.485. The van der Waals surface area contributed by atoms with Crippen LogP contribution in [0.5, 0.6) is 0 Å². The molecule has 3 aliphatic rings. The molecule has 0 spiro atoms. The average molecular weight is 620 g/mol. The zero-order chi connectivity index (χ0) is 32.0. The first-order chi connectivity index (χ1) is 21.5. The number of aliphatic hydroxyl groups is 1. The van der Waals surface area contributed by atoms with Gasteiger partial charge in [-0.3, -0.25) is 14.5 Å². The van der Waals surface area contributed by atoms with E-state index in [1.807, 2.05) is 24.3 Å². The van der Waals surface area contributed by atoms with Gasteiger partial charge < -0.3 is 25.2 Å². The van der Waals surface area contributed by atoms with Crippen molar-refractivity contribution in [3.05, 3.63) is 70.8 Å². The number of carbonyl (C=O) groups excluding carboxylic acids is 2. The predicted molar refractivity (Wildman–Crippen MR) is 175 cm³/mol. The first-order valence-electron chi connectivity index (χ1n) is 16.9. The summed E-state index contributed by atoms with van der Waals surface area (Å²) in [5.41, 5.74) is 4.74. The fraction of sp³-hybridized carbons (Fsp3) is 0.622. The van der Waals surface area contributed by atoms with Crippen molar-refractivity contribution in [1.82, 2.24) is 15.5 Å². The molecule has 5 atom stereocenters. The first kappa shape index (κ1) is 33.6. The number of rotatable bonds is 13. The molecule has 2 saturated heterocycles. The number of hydrogen-bond donors (Lipinski definition) is 3. The highest BCUT2D eigenvalue weighted by Crippen LogP contribution is 2.53. The van der Waals surface area contributed by atoms with Crippen molar-refractivity contribution >= 4 is 11.8 Å². The van der Waals surface area contributed by atoms with Crippen LogP contribution >= 0.6 is 0 Å². The standard InChI is InChI=1S/C37H53N3O5/c1-26(42)38-17-7-5-6-8-34(43)39-21-27-9-15-30(16-10-27)35-44-32(18-33(45-35)29-13-11-28(23-41)12-14-29)22-40-25-37(4)20-31(40)19-36(2,3)24-37/h9-16,31-33,35,41H,5-8,17-25H2,1-4H3,(H,38,42)(H,39,43). The number of fused-ring (bicyclic) bond motifs is 2. The van der Waals surface area contributed by atoms with Crippen LogP contribution in [0.15, 0.2) is 48.5 Å². The van der Waals surface area contributed by atoms with Crippen molar-refractivity contribution in [3.63, 3.8) is 0 Å². The largest absolute Gasteiger partial charge is 0.392 e. The number of amides is 2. The third kappa shape index (κ3) is 9.38. The van der Waals surface area contributed by atoms with Crippen LogP contribution in [-0.2, 0) is 32.2 Å². The van der Waals surface area contributed by atoms with E-state index in [-0.39, 0.29) is 30.6 Å². The lowest BCUT2D eigenvalue weighted by molar-refractivity contribution is -0.253. The second kappa shape index (κ2) is 14.8. The molecule has 5 rings (SSSR count). The quantitative estimate of drug-likeness (QED) is 0.240. The Hall–Kier alpha value is -2.78. The molecule has 5 unspecified atom stereocenters. The van der Waals surface area contributed by atoms with Gasteiger partial charge in [-0.1, -0.05) is 75.7 Å². The molecule has 2 heterocycles. The highest BCUT2D eigenvalue weighted by atomic mass is 16.7. The Bertz CT molecular complexity index is 1280. The maximum Gasteiger partial charge on any atom is 0.220 e. The Morgan fingerprint density at radius 1 is 0.911 bits per heavy atom. The van der Waals surface area contributed by atoms with E-state index >= 15 is 0 Å². The van der Waals surface area contributed by atoms with Crippen molar-refractivity contribution in [1.29, 1.82) is 0 Å². The summed E-state index contributed by atoms with van der Waals surface area (Å²) in [5.74, 6) is 0.0235. The van der Waals surface area contributed by atoms with Gasteiger partial charge in [0.05, 0.1) is 18.8 Å². The van der Waals surface area contributed by atoms with E-state index in [1.54, 1.807) is 0 Å². The van der Waals surface area contributed by atoms with Crippen molar-refractivity contribution < 1.29 is 24.2 Å². The third-order valence-electron chi connectivity index (χ3n) is 9.77. The summed E-state index contributed by atoms with van der Waals surface area (Å²) in [5, 5.41) is 15.4. The van der Waals surface area contributed by atoms with Gasteiger partial charge in [-0.25, -0.2) is 0 Å². The number of carbonyl (C=O) groups is 2. The summed E-state index contributed by atoms with van der Waals surface area (Å²) in [4.78, 5) is 26.0. The van der Waals surface area contributed by atoms with Gasteiger partial charge in [0.25, 0.3) is 0 Å². The smallest absolute Gasteiger partial charge is 0.220 e. The molecular weight excluding hydrogens is 566 g/mol. The van der Waals surface area contributed by atoms with E-state index in [0.29, 0.717) is 36.4 Å². The van der Waals surface area contributed by atoms with Crippen LogP contribution in [0.25, 0.3) is 0 Å². The zero-order valence-electron chi connectivity index (χ0n) is 27.6. The molecule has 45 heavy (non-hydrogen) atoms. The topological polar surface area (TPSA) is 100 Å². The number of aliphatic hydroxyl groups excluding tert-OH is 1. The molecule has 2 amide bonds. The predicted octanol–water partition coefficient (Wildman–Crippen LogP) is 5.94. The maximum absolute atomic E-state index is 12.3. The van der Waals surface area contributed by atoms with Gasteiger partial charge >= 0.3 is 0 Å². The Labute approximate surface area is 269 Å². The summed E-state index contributed by atoms with van der Waals surface area (Å²) in [6.07, 6.45) is 7.09.